The highest BCUT2D eigenvalue weighted by Crippen LogP contribution is 2.07. The average molecular weight is 267 g/mol. The fourth-order valence-electron chi connectivity index (χ4n) is 1.67. The predicted octanol–water partition coefficient (Wildman–Crippen LogP) is 0.346. The summed E-state index contributed by atoms with van der Waals surface area (Å²) in [5.74, 6) is 0.338. The number of carbonyl (C=O) groups excluding carboxylic acids is 2. The maximum absolute atomic E-state index is 12.0. The molecule has 0 saturated carbocycles. The number of aromatic amines is 1. The smallest absolute Gasteiger partial charge is 0.291 e. The fourth-order valence-corrected chi connectivity index (χ4v) is 1.67. The van der Waals surface area contributed by atoms with Gasteiger partial charge in [0.25, 0.3) is 5.91 Å². The molecule has 2 N–H and O–H groups in total. The molecule has 1 unspecified atom stereocenters. The lowest BCUT2D eigenvalue weighted by Gasteiger charge is -2.22. The van der Waals surface area contributed by atoms with E-state index in [0.29, 0.717) is 18.2 Å². The largest absolute Gasteiger partial charge is 0.347 e. The number of amides is 2. The molecule has 0 aliphatic rings. The van der Waals surface area contributed by atoms with E-state index in [1.807, 2.05) is 13.8 Å². The lowest BCUT2D eigenvalue weighted by atomic mass is 10.0. The third-order valence-electron chi connectivity index (χ3n) is 2.55. The van der Waals surface area contributed by atoms with Crippen molar-refractivity contribution in [3.8, 4) is 0 Å². The summed E-state index contributed by atoms with van der Waals surface area (Å²) in [6.45, 7) is 5.71. The molecule has 1 aromatic heterocycles. The first-order valence-electron chi connectivity index (χ1n) is 6.22. The van der Waals surface area contributed by atoms with Gasteiger partial charge in [0.1, 0.15) is 11.9 Å². The van der Waals surface area contributed by atoms with Crippen LogP contribution < -0.4 is 5.32 Å². The van der Waals surface area contributed by atoms with Crippen LogP contribution in [0.1, 0.15) is 36.7 Å². The summed E-state index contributed by atoms with van der Waals surface area (Å²) in [6.07, 6.45) is 0.576. The molecule has 19 heavy (non-hydrogen) atoms. The van der Waals surface area contributed by atoms with Gasteiger partial charge in [-0.25, -0.2) is 4.98 Å². The molecule has 1 heterocycles. The topological polar surface area (TPSA) is 91.0 Å². The number of nitrogens with one attached hydrogen (secondary N) is 2. The summed E-state index contributed by atoms with van der Waals surface area (Å²) < 4.78 is 0. The van der Waals surface area contributed by atoms with Crippen molar-refractivity contribution in [3.63, 3.8) is 0 Å². The van der Waals surface area contributed by atoms with Crippen LogP contribution in [-0.4, -0.2) is 52.0 Å². The van der Waals surface area contributed by atoms with Crippen LogP contribution in [0.3, 0.4) is 0 Å². The summed E-state index contributed by atoms with van der Waals surface area (Å²) in [5.41, 5.74) is 0. The van der Waals surface area contributed by atoms with Gasteiger partial charge in [-0.2, -0.15) is 0 Å². The summed E-state index contributed by atoms with van der Waals surface area (Å²) in [5, 5.41) is 9.06. The third-order valence-corrected chi connectivity index (χ3v) is 2.55. The van der Waals surface area contributed by atoms with Gasteiger partial charge in [0.15, 0.2) is 0 Å². The average Bonchev–Trinajstić information content (AvgIpc) is 2.73. The van der Waals surface area contributed by atoms with Gasteiger partial charge in [0, 0.05) is 14.1 Å². The van der Waals surface area contributed by atoms with E-state index < -0.39 is 11.9 Å². The van der Waals surface area contributed by atoms with Crippen molar-refractivity contribution in [1.29, 1.82) is 0 Å². The molecule has 7 heteroatoms. The van der Waals surface area contributed by atoms with Gasteiger partial charge in [-0.05, 0) is 19.3 Å². The maximum atomic E-state index is 12.0. The highest BCUT2D eigenvalue weighted by atomic mass is 16.2. The Morgan fingerprint density at radius 3 is 2.42 bits per heavy atom. The Balaban J connectivity index is 2.77. The number of carbonyl (C=O) groups is 2. The minimum absolute atomic E-state index is 0.0535. The number of hydrogen-bond donors (Lipinski definition) is 2. The second kappa shape index (κ2) is 6.31. The molecule has 106 valence electrons. The Hall–Kier alpha value is -1.92. The van der Waals surface area contributed by atoms with Gasteiger partial charge in [-0.1, -0.05) is 13.8 Å². The summed E-state index contributed by atoms with van der Waals surface area (Å²) in [6, 6.07) is -0.554. The van der Waals surface area contributed by atoms with Gasteiger partial charge >= 0.3 is 0 Å². The van der Waals surface area contributed by atoms with E-state index in [2.05, 4.69) is 20.5 Å². The van der Waals surface area contributed by atoms with Crippen molar-refractivity contribution in [2.75, 3.05) is 14.1 Å². The van der Waals surface area contributed by atoms with E-state index in [1.165, 1.54) is 4.90 Å². The molecule has 0 aliphatic heterocycles. The molecule has 1 rings (SSSR count). The van der Waals surface area contributed by atoms with Crippen molar-refractivity contribution >= 4 is 11.8 Å². The number of H-pyrrole nitrogens is 1. The van der Waals surface area contributed by atoms with E-state index in [9.17, 15) is 9.59 Å². The molecule has 0 radical (unpaired) electrons. The number of aromatic nitrogens is 3. The quantitative estimate of drug-likeness (QED) is 0.805. The second-order valence-corrected chi connectivity index (χ2v) is 5.13. The first kappa shape index (κ1) is 15.1. The Kier molecular flexibility index (Phi) is 5.02. The van der Waals surface area contributed by atoms with E-state index in [0.717, 1.165) is 0 Å². The van der Waals surface area contributed by atoms with Gasteiger partial charge in [-0.15, -0.1) is 5.10 Å². The number of likely N-dealkylation sites (N-methyl/N-ethyl adjacent to an activating group) is 1. The molecule has 1 atom stereocenters. The highest BCUT2D eigenvalue weighted by Gasteiger charge is 2.25. The van der Waals surface area contributed by atoms with Crippen molar-refractivity contribution in [1.82, 2.24) is 25.4 Å². The van der Waals surface area contributed by atoms with Gasteiger partial charge in [-0.3, -0.25) is 14.7 Å². The van der Waals surface area contributed by atoms with Crippen LogP contribution in [0.4, 0.5) is 0 Å². The van der Waals surface area contributed by atoms with Crippen molar-refractivity contribution in [2.24, 2.45) is 5.92 Å². The van der Waals surface area contributed by atoms with Crippen LogP contribution in [0.15, 0.2) is 0 Å². The van der Waals surface area contributed by atoms with Crippen LogP contribution >= 0.6 is 0 Å². The zero-order valence-corrected chi connectivity index (χ0v) is 12.0. The number of nitrogens with zero attached hydrogens (tertiary/aromatic N) is 3. The second-order valence-electron chi connectivity index (χ2n) is 5.13. The SMILES string of the molecule is Cc1nc(C(=O)NC(CC(C)C)C(=O)N(C)C)n[nH]1. The van der Waals surface area contributed by atoms with Crippen LogP contribution in [0.5, 0.6) is 0 Å². The van der Waals surface area contributed by atoms with Crippen LogP contribution in [0, 0.1) is 12.8 Å². The minimum atomic E-state index is -0.554. The Morgan fingerprint density at radius 1 is 1.37 bits per heavy atom. The zero-order valence-electron chi connectivity index (χ0n) is 12.0. The fraction of sp³-hybridized carbons (Fsp3) is 0.667. The Bertz CT molecular complexity index is 453. The van der Waals surface area contributed by atoms with Crippen molar-refractivity contribution < 1.29 is 9.59 Å². The Morgan fingerprint density at radius 2 is 2.00 bits per heavy atom. The van der Waals surface area contributed by atoms with Crippen molar-refractivity contribution in [2.45, 2.75) is 33.2 Å². The van der Waals surface area contributed by atoms with Crippen LogP contribution in [-0.2, 0) is 4.79 Å². The van der Waals surface area contributed by atoms with E-state index >= 15 is 0 Å². The lowest BCUT2D eigenvalue weighted by Crippen LogP contribution is -2.47. The van der Waals surface area contributed by atoms with E-state index in [-0.39, 0.29) is 11.7 Å². The van der Waals surface area contributed by atoms with Crippen LogP contribution in [0.25, 0.3) is 0 Å². The van der Waals surface area contributed by atoms with Gasteiger partial charge in [0.05, 0.1) is 0 Å². The molecule has 0 aliphatic carbocycles. The lowest BCUT2D eigenvalue weighted by molar-refractivity contribution is -0.131. The molecule has 0 fully saturated rings. The minimum Gasteiger partial charge on any atom is -0.347 e. The molecule has 7 nitrogen and oxygen atoms in total. The summed E-state index contributed by atoms with van der Waals surface area (Å²) in [4.78, 5) is 29.4. The molecular weight excluding hydrogens is 246 g/mol. The maximum Gasteiger partial charge on any atom is 0.291 e. The normalized spacial score (nSPS) is 12.3. The zero-order chi connectivity index (χ0) is 14.6. The number of aryl methyl sites for hydroxylation is 1. The third kappa shape index (κ3) is 4.35. The molecule has 0 saturated heterocycles. The molecule has 1 aromatic rings. The standard InChI is InChI=1S/C12H21N5O2/c1-7(2)6-9(12(19)17(4)5)14-11(18)10-13-8(3)15-16-10/h7,9H,6H2,1-5H3,(H,14,18)(H,13,15,16). The molecule has 0 bridgehead atoms. The Labute approximate surface area is 112 Å². The van der Waals surface area contributed by atoms with Crippen LogP contribution in [0.2, 0.25) is 0 Å². The number of hydrogen-bond acceptors (Lipinski definition) is 4. The number of rotatable bonds is 5. The molecule has 0 aromatic carbocycles. The van der Waals surface area contributed by atoms with E-state index in [1.54, 1.807) is 21.0 Å². The molecule has 0 spiro atoms. The molecular formula is C12H21N5O2. The first-order chi connectivity index (χ1) is 8.81. The highest BCUT2D eigenvalue weighted by molar-refractivity contribution is 5.94. The summed E-state index contributed by atoms with van der Waals surface area (Å²) in [7, 11) is 3.33. The first-order valence-corrected chi connectivity index (χ1v) is 6.22. The molecule has 2 amide bonds. The summed E-state index contributed by atoms with van der Waals surface area (Å²) >= 11 is 0. The predicted molar refractivity (Wildman–Crippen MR) is 70.5 cm³/mol. The van der Waals surface area contributed by atoms with E-state index in [4.69, 9.17) is 0 Å². The van der Waals surface area contributed by atoms with Gasteiger partial charge in [0.2, 0.25) is 11.7 Å². The monoisotopic (exact) mass is 267 g/mol. The van der Waals surface area contributed by atoms with Gasteiger partial charge < -0.3 is 10.2 Å². The van der Waals surface area contributed by atoms with Crippen molar-refractivity contribution in [3.05, 3.63) is 11.6 Å².